The van der Waals surface area contributed by atoms with Crippen LogP contribution in [0.4, 0.5) is 17.1 Å². The molecule has 3 aliphatic carbocycles. The van der Waals surface area contributed by atoms with Crippen molar-refractivity contribution in [1.29, 1.82) is 0 Å². The summed E-state index contributed by atoms with van der Waals surface area (Å²) in [4.78, 5) is 2.47. The van der Waals surface area contributed by atoms with E-state index in [1.807, 2.05) is 0 Å². The SMILES string of the molecule is CC1(C)c2ccccc2-c2cc(N(c3ccc(-c4ccccc4)cc3)c3cccc(C4(c5ccccc5)c5ccccc5C5c6ccccc6C=CC54)c3)ccc21. The normalized spacial score (nSPS) is 19.2. The molecule has 3 aliphatic rings. The summed E-state index contributed by atoms with van der Waals surface area (Å²) >= 11 is 0. The highest BCUT2D eigenvalue weighted by Gasteiger charge is 2.54. The predicted molar refractivity (Wildman–Crippen MR) is 238 cm³/mol. The fourth-order valence-corrected chi connectivity index (χ4v) is 10.7. The molecule has 11 rings (SSSR count). The van der Waals surface area contributed by atoms with E-state index in [9.17, 15) is 0 Å². The third-order valence-electron chi connectivity index (χ3n) is 13.2. The lowest BCUT2D eigenvalue weighted by molar-refractivity contribution is 0.451. The highest BCUT2D eigenvalue weighted by atomic mass is 15.1. The fraction of sp³-hybridized carbons (Fsp3) is 0.107. The molecule has 0 aliphatic heterocycles. The number of fused-ring (bicyclic) bond motifs is 8. The van der Waals surface area contributed by atoms with Gasteiger partial charge in [-0.2, -0.15) is 0 Å². The molecular formula is C56H43N. The molecule has 8 aromatic rings. The van der Waals surface area contributed by atoms with Crippen molar-refractivity contribution in [2.24, 2.45) is 5.92 Å². The van der Waals surface area contributed by atoms with Crippen LogP contribution in [-0.4, -0.2) is 0 Å². The third-order valence-corrected chi connectivity index (χ3v) is 13.2. The summed E-state index contributed by atoms with van der Waals surface area (Å²) in [5.74, 6) is 0.438. The van der Waals surface area contributed by atoms with Crippen LogP contribution in [0.15, 0.2) is 206 Å². The third kappa shape index (κ3) is 5.02. The number of hydrogen-bond donors (Lipinski definition) is 0. The van der Waals surface area contributed by atoms with Crippen molar-refractivity contribution in [1.82, 2.24) is 0 Å². The molecule has 0 spiro atoms. The van der Waals surface area contributed by atoms with E-state index in [-0.39, 0.29) is 17.3 Å². The Morgan fingerprint density at radius 2 is 1.02 bits per heavy atom. The molecule has 0 radical (unpaired) electrons. The van der Waals surface area contributed by atoms with E-state index in [2.05, 4.69) is 231 Å². The summed E-state index contributed by atoms with van der Waals surface area (Å²) in [6, 6.07) is 74.7. The van der Waals surface area contributed by atoms with E-state index in [1.165, 1.54) is 66.8 Å². The zero-order chi connectivity index (χ0) is 38.1. The minimum Gasteiger partial charge on any atom is -0.310 e. The van der Waals surface area contributed by atoms with Crippen LogP contribution in [-0.2, 0) is 10.8 Å². The molecule has 0 N–H and O–H groups in total. The fourth-order valence-electron chi connectivity index (χ4n) is 10.7. The predicted octanol–water partition coefficient (Wildman–Crippen LogP) is 14.3. The molecule has 3 unspecified atom stereocenters. The van der Waals surface area contributed by atoms with E-state index in [0.29, 0.717) is 0 Å². The van der Waals surface area contributed by atoms with Gasteiger partial charge in [-0.3, -0.25) is 0 Å². The summed E-state index contributed by atoms with van der Waals surface area (Å²) in [5, 5.41) is 0. The summed E-state index contributed by atoms with van der Waals surface area (Å²) in [5.41, 5.74) is 18.9. The summed E-state index contributed by atoms with van der Waals surface area (Å²) in [6.45, 7) is 4.71. The second-order valence-electron chi connectivity index (χ2n) is 16.5. The summed E-state index contributed by atoms with van der Waals surface area (Å²) in [6.07, 6.45) is 4.88. The van der Waals surface area contributed by atoms with Crippen LogP contribution < -0.4 is 4.90 Å². The summed E-state index contributed by atoms with van der Waals surface area (Å²) < 4.78 is 0. The van der Waals surface area contributed by atoms with Crippen LogP contribution in [0.25, 0.3) is 28.3 Å². The minimum atomic E-state index is -0.410. The van der Waals surface area contributed by atoms with E-state index in [1.54, 1.807) is 0 Å². The Morgan fingerprint density at radius 3 is 1.82 bits per heavy atom. The molecule has 272 valence electrons. The van der Waals surface area contributed by atoms with Crippen molar-refractivity contribution in [2.75, 3.05) is 4.90 Å². The van der Waals surface area contributed by atoms with Crippen LogP contribution in [0.5, 0.6) is 0 Å². The van der Waals surface area contributed by atoms with Crippen LogP contribution >= 0.6 is 0 Å². The van der Waals surface area contributed by atoms with Crippen LogP contribution in [0.1, 0.15) is 64.3 Å². The number of benzene rings is 8. The Morgan fingerprint density at radius 1 is 0.421 bits per heavy atom. The molecule has 0 saturated heterocycles. The minimum absolute atomic E-state index is 0.0624. The maximum absolute atomic E-state index is 2.51. The molecular weight excluding hydrogens is 687 g/mol. The zero-order valence-corrected chi connectivity index (χ0v) is 32.3. The van der Waals surface area contributed by atoms with E-state index < -0.39 is 5.41 Å². The maximum Gasteiger partial charge on any atom is 0.0526 e. The number of hydrogen-bond acceptors (Lipinski definition) is 1. The van der Waals surface area contributed by atoms with E-state index in [0.717, 1.165) is 17.1 Å². The molecule has 0 aromatic heterocycles. The molecule has 57 heavy (non-hydrogen) atoms. The highest BCUT2D eigenvalue weighted by Crippen LogP contribution is 2.62. The molecule has 0 amide bonds. The van der Waals surface area contributed by atoms with Gasteiger partial charge < -0.3 is 4.90 Å². The van der Waals surface area contributed by atoms with Gasteiger partial charge in [0.25, 0.3) is 0 Å². The Bertz CT molecular complexity index is 2830. The lowest BCUT2D eigenvalue weighted by Gasteiger charge is -2.40. The average Bonchev–Trinajstić information content (AvgIpc) is 3.71. The monoisotopic (exact) mass is 729 g/mol. The van der Waals surface area contributed by atoms with Crippen molar-refractivity contribution < 1.29 is 0 Å². The zero-order valence-electron chi connectivity index (χ0n) is 32.3. The Kier molecular flexibility index (Phi) is 7.63. The van der Waals surface area contributed by atoms with Gasteiger partial charge >= 0.3 is 0 Å². The smallest absolute Gasteiger partial charge is 0.0526 e. The van der Waals surface area contributed by atoms with Crippen molar-refractivity contribution in [2.45, 2.75) is 30.6 Å². The van der Waals surface area contributed by atoms with Crippen LogP contribution in [0.2, 0.25) is 0 Å². The van der Waals surface area contributed by atoms with Crippen molar-refractivity contribution in [3.8, 4) is 22.3 Å². The number of nitrogens with zero attached hydrogens (tertiary/aromatic N) is 1. The first-order valence-electron chi connectivity index (χ1n) is 20.3. The quantitative estimate of drug-likeness (QED) is 0.165. The first kappa shape index (κ1) is 33.6. The molecule has 0 fully saturated rings. The first-order chi connectivity index (χ1) is 28.0. The lowest BCUT2D eigenvalue weighted by Crippen LogP contribution is -2.36. The standard InChI is InChI=1S/C56H43N/c1-55(2)50-26-13-11-24-47(50)49-37-45(33-35-51(49)55)57(43-31-28-39(29-32-43)38-16-5-3-6-17-38)44-22-15-21-42(36-44)56(41-19-7-4-8-20-41)52-27-14-12-25-48(52)54-46-23-10-9-18-40(46)30-34-53(54)56/h3-37,53-54H,1-2H3. The summed E-state index contributed by atoms with van der Waals surface area (Å²) in [7, 11) is 0. The molecule has 0 heterocycles. The van der Waals surface area contributed by atoms with Gasteiger partial charge in [-0.15, -0.1) is 0 Å². The first-order valence-corrected chi connectivity index (χ1v) is 20.3. The van der Waals surface area contributed by atoms with Gasteiger partial charge in [0.15, 0.2) is 0 Å². The Hall–Kier alpha value is -6.70. The molecule has 0 saturated carbocycles. The number of rotatable bonds is 6. The van der Waals surface area contributed by atoms with Gasteiger partial charge in [0, 0.05) is 34.3 Å². The maximum atomic E-state index is 2.51. The molecule has 1 nitrogen and oxygen atoms in total. The Labute approximate surface area is 336 Å². The molecule has 8 aromatic carbocycles. The van der Waals surface area contributed by atoms with Gasteiger partial charge in [0.1, 0.15) is 0 Å². The van der Waals surface area contributed by atoms with Crippen molar-refractivity contribution >= 4 is 23.1 Å². The molecule has 3 atom stereocenters. The number of anilines is 3. The molecule has 0 bridgehead atoms. The Balaban J connectivity index is 1.13. The topological polar surface area (TPSA) is 3.24 Å². The van der Waals surface area contributed by atoms with Gasteiger partial charge in [0.2, 0.25) is 0 Å². The second-order valence-corrected chi connectivity index (χ2v) is 16.5. The lowest BCUT2D eigenvalue weighted by atomic mass is 9.62. The van der Waals surface area contributed by atoms with Crippen molar-refractivity contribution in [3.05, 3.63) is 251 Å². The van der Waals surface area contributed by atoms with E-state index in [4.69, 9.17) is 0 Å². The van der Waals surface area contributed by atoms with Crippen LogP contribution in [0, 0.1) is 5.92 Å². The van der Waals surface area contributed by atoms with Crippen LogP contribution in [0.3, 0.4) is 0 Å². The second kappa shape index (κ2) is 12.9. The van der Waals surface area contributed by atoms with Gasteiger partial charge in [-0.05, 0) is 103 Å². The van der Waals surface area contributed by atoms with Gasteiger partial charge in [-0.1, -0.05) is 190 Å². The largest absolute Gasteiger partial charge is 0.310 e. The highest BCUT2D eigenvalue weighted by molar-refractivity contribution is 5.87. The average molecular weight is 730 g/mol. The number of allylic oxidation sites excluding steroid dienone is 1. The molecule has 1 heteroatoms. The van der Waals surface area contributed by atoms with Crippen molar-refractivity contribution in [3.63, 3.8) is 0 Å². The van der Waals surface area contributed by atoms with Gasteiger partial charge in [0.05, 0.1) is 5.41 Å². The van der Waals surface area contributed by atoms with Gasteiger partial charge in [-0.25, -0.2) is 0 Å². The van der Waals surface area contributed by atoms with E-state index >= 15 is 0 Å².